The molecule has 1 aliphatic heterocycles. The van der Waals surface area contributed by atoms with Crippen molar-refractivity contribution in [3.63, 3.8) is 0 Å². The number of benzene rings is 1. The van der Waals surface area contributed by atoms with E-state index in [1.54, 1.807) is 17.0 Å². The topological polar surface area (TPSA) is 84.7 Å². The highest BCUT2D eigenvalue weighted by atomic mass is 16.6. The molecule has 2 rings (SSSR count). The number of nitrogens with one attached hydrogen (secondary N) is 1. The summed E-state index contributed by atoms with van der Waals surface area (Å²) in [5.41, 5.74) is 2.76. The Morgan fingerprint density at radius 3 is 2.64 bits per heavy atom. The highest BCUT2D eigenvalue weighted by molar-refractivity contribution is 5.92. The first-order valence-corrected chi connectivity index (χ1v) is 7.33. The van der Waals surface area contributed by atoms with Gasteiger partial charge in [0.25, 0.3) is 0 Å². The third-order valence-corrected chi connectivity index (χ3v) is 3.40. The van der Waals surface area contributed by atoms with Crippen LogP contribution in [0.3, 0.4) is 0 Å². The Morgan fingerprint density at radius 1 is 1.36 bits per heavy atom. The zero-order valence-electron chi connectivity index (χ0n) is 14.2. The summed E-state index contributed by atoms with van der Waals surface area (Å²) in [5, 5.41) is 3.36. The number of carbonyl (C=O) groups is 2. The maximum atomic E-state index is 12.2. The number of nitrogens with zero attached hydrogens (tertiary/aromatic N) is 1. The summed E-state index contributed by atoms with van der Waals surface area (Å²) >= 11 is 0. The predicted octanol–water partition coefficient (Wildman–Crippen LogP) is 1.67. The van der Waals surface area contributed by atoms with E-state index >= 15 is 0 Å². The molecule has 1 atom stereocenters. The quantitative estimate of drug-likeness (QED) is 0.870. The molecule has 1 aromatic carbocycles. The van der Waals surface area contributed by atoms with Gasteiger partial charge in [0, 0.05) is 25.2 Å². The third kappa shape index (κ3) is 4.21. The molecule has 1 aliphatic rings. The highest BCUT2D eigenvalue weighted by Crippen LogP contribution is 2.20. The summed E-state index contributed by atoms with van der Waals surface area (Å²) in [7, 11) is 0. The number of amides is 2. The molecule has 0 aromatic heterocycles. The van der Waals surface area contributed by atoms with Gasteiger partial charge in [-0.1, -0.05) is 12.1 Å². The van der Waals surface area contributed by atoms with Crippen LogP contribution in [0.4, 0.5) is 4.79 Å². The second kappa shape index (κ2) is 6.36. The normalized spacial score (nSPS) is 19.3. The van der Waals surface area contributed by atoms with Gasteiger partial charge in [-0.05, 0) is 38.5 Å². The van der Waals surface area contributed by atoms with Crippen molar-refractivity contribution < 1.29 is 15.7 Å². The van der Waals surface area contributed by atoms with E-state index in [2.05, 4.69) is 5.32 Å². The molecule has 1 fully saturated rings. The van der Waals surface area contributed by atoms with Crippen molar-refractivity contribution in [2.75, 3.05) is 19.6 Å². The van der Waals surface area contributed by atoms with Gasteiger partial charge < -0.3 is 20.7 Å². The highest BCUT2D eigenvalue weighted by Gasteiger charge is 2.28. The molecule has 120 valence electrons. The van der Waals surface area contributed by atoms with Crippen LogP contribution in [0.2, 0.25) is 1.41 Å². The summed E-state index contributed by atoms with van der Waals surface area (Å²) in [6, 6.07) is 7.01. The maximum absolute atomic E-state index is 12.2. The van der Waals surface area contributed by atoms with Crippen LogP contribution in [0.1, 0.15) is 42.7 Å². The summed E-state index contributed by atoms with van der Waals surface area (Å²) in [4.78, 5) is 25.3. The summed E-state index contributed by atoms with van der Waals surface area (Å²) in [6.07, 6.45) is -0.311. The molecule has 22 heavy (non-hydrogen) atoms. The zero-order valence-corrected chi connectivity index (χ0v) is 13.2. The molecule has 0 aliphatic carbocycles. The summed E-state index contributed by atoms with van der Waals surface area (Å²) in [6.45, 7) is 7.34. The zero-order chi connectivity index (χ0) is 17.0. The van der Waals surface area contributed by atoms with E-state index in [9.17, 15) is 9.59 Å². The van der Waals surface area contributed by atoms with Gasteiger partial charge in [0.1, 0.15) is 5.60 Å². The number of hydrogen-bond donors (Lipinski definition) is 2. The average molecular weight is 306 g/mol. The van der Waals surface area contributed by atoms with Crippen LogP contribution < -0.4 is 11.0 Å². The van der Waals surface area contributed by atoms with E-state index in [1.807, 2.05) is 38.6 Å². The number of hydrogen-bond acceptors (Lipinski definition) is 4. The van der Waals surface area contributed by atoms with Crippen LogP contribution in [0.15, 0.2) is 24.3 Å². The minimum absolute atomic E-state index is 0.00983. The van der Waals surface area contributed by atoms with Crippen molar-refractivity contribution in [1.82, 2.24) is 10.2 Å². The lowest BCUT2D eigenvalue weighted by molar-refractivity contribution is 0.0195. The Bertz CT molecular complexity index is 569. The Kier molecular flexibility index (Phi) is 4.29. The van der Waals surface area contributed by atoms with Gasteiger partial charge in [-0.2, -0.15) is 0 Å². The fraction of sp³-hybridized carbons (Fsp3) is 0.500. The first kappa shape index (κ1) is 14.8. The lowest BCUT2D eigenvalue weighted by Gasteiger charge is -2.35. The van der Waals surface area contributed by atoms with E-state index in [1.165, 1.54) is 0 Å². The van der Waals surface area contributed by atoms with Gasteiger partial charge in [0.2, 0.25) is 5.91 Å². The number of piperazine rings is 1. The third-order valence-electron chi connectivity index (χ3n) is 3.40. The Morgan fingerprint density at radius 2 is 2.05 bits per heavy atom. The second-order valence-corrected chi connectivity index (χ2v) is 6.38. The summed E-state index contributed by atoms with van der Waals surface area (Å²) in [5.74, 6) is -0.441. The molecule has 0 radical (unpaired) electrons. The molecule has 6 heteroatoms. The van der Waals surface area contributed by atoms with Crippen molar-refractivity contribution in [2.24, 2.45) is 5.73 Å². The van der Waals surface area contributed by atoms with Gasteiger partial charge in [0.15, 0.2) is 1.41 Å². The Balaban J connectivity index is 2.03. The van der Waals surface area contributed by atoms with E-state index in [-0.39, 0.29) is 12.1 Å². The molecular weight excluding hydrogens is 282 g/mol. The monoisotopic (exact) mass is 306 g/mol. The van der Waals surface area contributed by atoms with Crippen LogP contribution in [0.25, 0.3) is 0 Å². The molecule has 1 heterocycles. The number of nitrogens with two attached hydrogens (primary N) is 1. The molecule has 0 bridgehead atoms. The van der Waals surface area contributed by atoms with Crippen LogP contribution >= 0.6 is 0 Å². The van der Waals surface area contributed by atoms with Crippen molar-refractivity contribution in [3.05, 3.63) is 35.4 Å². The van der Waals surface area contributed by atoms with Gasteiger partial charge in [-0.3, -0.25) is 4.79 Å². The van der Waals surface area contributed by atoms with Gasteiger partial charge in [0.05, 0.1) is 6.04 Å². The first-order valence-electron chi connectivity index (χ1n) is 7.83. The second-order valence-electron chi connectivity index (χ2n) is 6.38. The van der Waals surface area contributed by atoms with Gasteiger partial charge in [-0.25, -0.2) is 4.79 Å². The van der Waals surface area contributed by atoms with Crippen LogP contribution in [-0.4, -0.2) is 42.1 Å². The predicted molar refractivity (Wildman–Crippen MR) is 83.5 cm³/mol. The van der Waals surface area contributed by atoms with Crippen molar-refractivity contribution >= 4 is 12.0 Å². The fourth-order valence-corrected chi connectivity index (χ4v) is 2.33. The standard InChI is InChI=1S/C16H23N3O3/c1-16(2,3)22-15(21)19-9-8-18-13(10-19)11-4-6-12(7-5-11)14(17)20/h4-7,13,18H,8-10H2,1-3H3,(H2,17,20)/i/hD. The number of ether oxygens (including phenoxy) is 1. The van der Waals surface area contributed by atoms with E-state index in [0.717, 1.165) is 5.56 Å². The lowest BCUT2D eigenvalue weighted by Crippen LogP contribution is -2.49. The van der Waals surface area contributed by atoms with Crippen molar-refractivity contribution in [2.45, 2.75) is 32.4 Å². The SMILES string of the molecule is [2H]NC(=O)c1ccc(C2CN(C(=O)OC(C)(C)C)CCN2)cc1. The minimum atomic E-state index is -0.511. The van der Waals surface area contributed by atoms with E-state index in [4.69, 9.17) is 6.15 Å². The van der Waals surface area contributed by atoms with E-state index < -0.39 is 11.5 Å². The molecule has 0 spiro atoms. The molecule has 1 saturated heterocycles. The largest absolute Gasteiger partial charge is 0.444 e. The van der Waals surface area contributed by atoms with Crippen LogP contribution in [0, 0.1) is 0 Å². The average Bonchev–Trinajstić information content (AvgIpc) is 2.53. The molecule has 3 N–H and O–H groups in total. The number of primary amides is 1. The number of rotatable bonds is 2. The molecule has 0 saturated carbocycles. The van der Waals surface area contributed by atoms with Crippen molar-refractivity contribution in [1.29, 1.82) is 0 Å². The number of carbonyl (C=O) groups excluding carboxylic acids is 2. The molecule has 1 unspecified atom stereocenters. The lowest BCUT2D eigenvalue weighted by atomic mass is 10.0. The minimum Gasteiger partial charge on any atom is -0.444 e. The first-order chi connectivity index (χ1) is 10.8. The van der Waals surface area contributed by atoms with E-state index in [0.29, 0.717) is 25.2 Å². The maximum Gasteiger partial charge on any atom is 0.410 e. The fourth-order valence-electron chi connectivity index (χ4n) is 2.33. The Hall–Kier alpha value is -2.08. The van der Waals surface area contributed by atoms with Gasteiger partial charge in [-0.15, -0.1) is 0 Å². The van der Waals surface area contributed by atoms with Crippen LogP contribution in [-0.2, 0) is 4.74 Å². The van der Waals surface area contributed by atoms with Crippen molar-refractivity contribution in [3.8, 4) is 0 Å². The Labute approximate surface area is 132 Å². The molecular formula is C16H23N3O3. The van der Waals surface area contributed by atoms with Gasteiger partial charge >= 0.3 is 6.09 Å². The molecule has 2 amide bonds. The molecule has 1 aromatic rings. The summed E-state index contributed by atoms with van der Waals surface area (Å²) < 4.78 is 12.3. The molecule has 6 nitrogen and oxygen atoms in total. The van der Waals surface area contributed by atoms with Crippen LogP contribution in [0.5, 0.6) is 0 Å². The smallest absolute Gasteiger partial charge is 0.410 e.